The van der Waals surface area contributed by atoms with Crippen LogP contribution in [0.2, 0.25) is 0 Å². The van der Waals surface area contributed by atoms with Crippen molar-refractivity contribution in [1.29, 1.82) is 5.26 Å². The maximum Gasteiger partial charge on any atom is 0.203 e. The van der Waals surface area contributed by atoms with Gasteiger partial charge in [-0.2, -0.15) is 10.4 Å². The molecule has 0 spiro atoms. The van der Waals surface area contributed by atoms with Crippen LogP contribution in [0.25, 0.3) is 17.1 Å². The van der Waals surface area contributed by atoms with E-state index in [2.05, 4.69) is 21.1 Å². The van der Waals surface area contributed by atoms with Crippen molar-refractivity contribution in [1.82, 2.24) is 19.7 Å². The Morgan fingerprint density at radius 1 is 1.03 bits per heavy atom. The molecule has 2 heterocycles. The summed E-state index contributed by atoms with van der Waals surface area (Å²) < 4.78 is 12.1. The van der Waals surface area contributed by atoms with Gasteiger partial charge in [-0.05, 0) is 35.9 Å². The van der Waals surface area contributed by atoms with Crippen LogP contribution in [0, 0.1) is 11.3 Å². The van der Waals surface area contributed by atoms with Gasteiger partial charge in [0.1, 0.15) is 12.3 Å². The fourth-order valence-electron chi connectivity index (χ4n) is 3.20. The van der Waals surface area contributed by atoms with Gasteiger partial charge in [-0.3, -0.25) is 4.79 Å². The molecule has 4 aromatic rings. The first-order valence-electron chi connectivity index (χ1n) is 10.3. The molecule has 4 rings (SSSR count). The fourth-order valence-corrected chi connectivity index (χ4v) is 3.20. The lowest BCUT2D eigenvalue weighted by atomic mass is 10.1. The van der Waals surface area contributed by atoms with Crippen LogP contribution in [0.1, 0.15) is 16.8 Å². The maximum atomic E-state index is 12.4. The van der Waals surface area contributed by atoms with Crippen LogP contribution in [-0.4, -0.2) is 40.1 Å². The average Bonchev–Trinajstić information content (AvgIpc) is 2.86. The summed E-state index contributed by atoms with van der Waals surface area (Å²) >= 11 is 0. The highest BCUT2D eigenvalue weighted by molar-refractivity contribution is 5.56. The Morgan fingerprint density at radius 2 is 1.82 bits per heavy atom. The summed E-state index contributed by atoms with van der Waals surface area (Å²) in [6.45, 7) is 0.920. The molecule has 8 nitrogen and oxygen atoms in total. The van der Waals surface area contributed by atoms with E-state index in [1.807, 2.05) is 24.3 Å². The molecule has 0 fully saturated rings. The van der Waals surface area contributed by atoms with Crippen LogP contribution in [-0.2, 0) is 11.2 Å². The van der Waals surface area contributed by atoms with Crippen molar-refractivity contribution in [3.05, 3.63) is 100 Å². The average molecular weight is 439 g/mol. The van der Waals surface area contributed by atoms with E-state index in [9.17, 15) is 4.79 Å². The molecular weight excluding hydrogens is 418 g/mol. The minimum Gasteiger partial charge on any atom is -0.488 e. The van der Waals surface area contributed by atoms with Crippen molar-refractivity contribution in [2.75, 3.05) is 20.3 Å². The number of ether oxygens (including phenoxy) is 2. The topological polar surface area (TPSA) is 103 Å². The molecule has 0 aliphatic carbocycles. The molecule has 8 heteroatoms. The predicted molar refractivity (Wildman–Crippen MR) is 122 cm³/mol. The predicted octanol–water partition coefficient (Wildman–Crippen LogP) is 3.18. The van der Waals surface area contributed by atoms with Crippen LogP contribution < -0.4 is 10.2 Å². The third-order valence-electron chi connectivity index (χ3n) is 4.88. The molecule has 0 unspecified atom stereocenters. The van der Waals surface area contributed by atoms with Gasteiger partial charge in [-0.15, -0.1) is 0 Å². The molecule has 33 heavy (non-hydrogen) atoms. The SMILES string of the molecule is COCCOc1cnc(-c2cccc(Cc3nn(-c4ccc(C#N)cc4)ccc3=O)c2)nc1. The zero-order valence-corrected chi connectivity index (χ0v) is 18.0. The van der Waals surface area contributed by atoms with Crippen molar-refractivity contribution < 1.29 is 9.47 Å². The molecule has 0 saturated carbocycles. The van der Waals surface area contributed by atoms with Gasteiger partial charge in [0.2, 0.25) is 5.43 Å². The summed E-state index contributed by atoms with van der Waals surface area (Å²) in [5, 5.41) is 13.5. The number of benzene rings is 2. The fraction of sp³-hybridized carbons (Fsp3) is 0.160. The number of nitriles is 1. The van der Waals surface area contributed by atoms with E-state index < -0.39 is 0 Å². The van der Waals surface area contributed by atoms with Crippen LogP contribution in [0.4, 0.5) is 0 Å². The number of rotatable bonds is 8. The highest BCUT2D eigenvalue weighted by Crippen LogP contribution is 2.19. The Bertz CT molecular complexity index is 1330. The Balaban J connectivity index is 1.53. The monoisotopic (exact) mass is 439 g/mol. The first-order chi connectivity index (χ1) is 16.2. The standard InChI is InChI=1S/C25H21N5O3/c1-32-11-12-33-22-16-27-25(28-17-22)20-4-2-3-19(13-20)14-23-24(31)9-10-30(29-23)21-7-5-18(15-26)6-8-21/h2-10,13,16-17H,11-12,14H2,1H3. The van der Waals surface area contributed by atoms with E-state index >= 15 is 0 Å². The molecule has 0 bridgehead atoms. The minimum atomic E-state index is -0.140. The lowest BCUT2D eigenvalue weighted by Gasteiger charge is -2.09. The summed E-state index contributed by atoms with van der Waals surface area (Å²) in [7, 11) is 1.61. The van der Waals surface area contributed by atoms with Gasteiger partial charge < -0.3 is 9.47 Å². The molecule has 164 valence electrons. The van der Waals surface area contributed by atoms with Gasteiger partial charge in [-0.25, -0.2) is 14.6 Å². The molecular formula is C25H21N5O3. The van der Waals surface area contributed by atoms with Crippen molar-refractivity contribution >= 4 is 0 Å². The van der Waals surface area contributed by atoms with Crippen molar-refractivity contribution in [3.8, 4) is 28.9 Å². The highest BCUT2D eigenvalue weighted by Gasteiger charge is 2.08. The van der Waals surface area contributed by atoms with Gasteiger partial charge in [0.25, 0.3) is 0 Å². The third kappa shape index (κ3) is 5.47. The van der Waals surface area contributed by atoms with Gasteiger partial charge in [0.05, 0.1) is 36.3 Å². The molecule has 0 aliphatic heterocycles. The largest absolute Gasteiger partial charge is 0.488 e. The number of nitrogens with zero attached hydrogens (tertiary/aromatic N) is 5. The molecule has 0 saturated heterocycles. The Morgan fingerprint density at radius 3 is 2.55 bits per heavy atom. The Labute approximate surface area is 190 Å². The van der Waals surface area contributed by atoms with E-state index in [0.29, 0.717) is 42.5 Å². The molecule has 0 radical (unpaired) electrons. The number of hydrogen-bond donors (Lipinski definition) is 0. The molecule has 0 amide bonds. The van der Waals surface area contributed by atoms with Crippen molar-refractivity contribution in [3.63, 3.8) is 0 Å². The lowest BCUT2D eigenvalue weighted by molar-refractivity contribution is 0.146. The number of hydrogen-bond acceptors (Lipinski definition) is 7. The number of aromatic nitrogens is 4. The van der Waals surface area contributed by atoms with Crippen molar-refractivity contribution in [2.24, 2.45) is 0 Å². The number of methoxy groups -OCH3 is 1. The van der Waals surface area contributed by atoms with E-state index in [0.717, 1.165) is 16.8 Å². The molecule has 0 N–H and O–H groups in total. The third-order valence-corrected chi connectivity index (χ3v) is 4.88. The Hall–Kier alpha value is -4.35. The van der Waals surface area contributed by atoms with E-state index in [-0.39, 0.29) is 5.43 Å². The van der Waals surface area contributed by atoms with Crippen LogP contribution in [0.5, 0.6) is 5.75 Å². The van der Waals surface area contributed by atoms with Crippen LogP contribution in [0.15, 0.2) is 78.0 Å². The maximum absolute atomic E-state index is 12.4. The highest BCUT2D eigenvalue weighted by atomic mass is 16.5. The normalized spacial score (nSPS) is 10.5. The zero-order valence-electron chi connectivity index (χ0n) is 18.0. The quantitative estimate of drug-likeness (QED) is 0.389. The molecule has 2 aromatic carbocycles. The van der Waals surface area contributed by atoms with E-state index in [1.165, 1.54) is 6.07 Å². The van der Waals surface area contributed by atoms with Crippen LogP contribution in [0.3, 0.4) is 0 Å². The summed E-state index contributed by atoms with van der Waals surface area (Å²) in [5.41, 5.74) is 3.36. The molecule has 2 aromatic heterocycles. The van der Waals surface area contributed by atoms with E-state index in [4.69, 9.17) is 14.7 Å². The zero-order chi connectivity index (χ0) is 23.0. The van der Waals surface area contributed by atoms with E-state index in [1.54, 1.807) is 54.6 Å². The van der Waals surface area contributed by atoms with Gasteiger partial charge in [0, 0.05) is 31.4 Å². The summed E-state index contributed by atoms with van der Waals surface area (Å²) in [6, 6.07) is 18.3. The first kappa shape index (κ1) is 21.9. The second-order valence-corrected chi connectivity index (χ2v) is 7.19. The first-order valence-corrected chi connectivity index (χ1v) is 10.3. The molecule has 0 atom stereocenters. The Kier molecular flexibility index (Phi) is 6.83. The van der Waals surface area contributed by atoms with Gasteiger partial charge >= 0.3 is 0 Å². The van der Waals surface area contributed by atoms with Crippen molar-refractivity contribution in [2.45, 2.75) is 6.42 Å². The molecule has 0 aliphatic rings. The second-order valence-electron chi connectivity index (χ2n) is 7.19. The lowest BCUT2D eigenvalue weighted by Crippen LogP contribution is -2.16. The summed E-state index contributed by atoms with van der Waals surface area (Å²) in [4.78, 5) is 21.2. The summed E-state index contributed by atoms with van der Waals surface area (Å²) in [6.07, 6.45) is 5.23. The second kappa shape index (κ2) is 10.3. The smallest absolute Gasteiger partial charge is 0.203 e. The van der Waals surface area contributed by atoms with Crippen LogP contribution >= 0.6 is 0 Å². The summed E-state index contributed by atoms with van der Waals surface area (Å²) in [5.74, 6) is 1.13. The minimum absolute atomic E-state index is 0.140. The van der Waals surface area contributed by atoms with Gasteiger partial charge in [0.15, 0.2) is 11.6 Å². The van der Waals surface area contributed by atoms with Gasteiger partial charge in [-0.1, -0.05) is 18.2 Å².